The van der Waals surface area contributed by atoms with Crippen LogP contribution in [-0.4, -0.2) is 6.00 Å². The molecule has 0 aliphatic heterocycles. The molecule has 8 heavy (non-hydrogen) atoms. The molecule has 0 unspecified atom stereocenters. The van der Waals surface area contributed by atoms with Gasteiger partial charge in [0.05, 0.1) is 0 Å². The van der Waals surface area contributed by atoms with Crippen LogP contribution in [0, 0.1) is 0 Å². The van der Waals surface area contributed by atoms with Crippen LogP contribution in [0.2, 0.25) is 0 Å². The van der Waals surface area contributed by atoms with E-state index in [0.29, 0.717) is 0 Å². The van der Waals surface area contributed by atoms with Gasteiger partial charge in [0.25, 0.3) is 0 Å². The molecule has 46 valence electrons. The van der Waals surface area contributed by atoms with Crippen LogP contribution in [0.15, 0.2) is 24.4 Å². The molecule has 0 aromatic rings. The van der Waals surface area contributed by atoms with Crippen molar-refractivity contribution in [1.29, 1.82) is 0 Å². The summed E-state index contributed by atoms with van der Waals surface area (Å²) in [6.07, 6.45) is 3.22. The van der Waals surface area contributed by atoms with E-state index < -0.39 is 6.00 Å². The smallest absolute Gasteiger partial charge is 0.121 e. The summed E-state index contributed by atoms with van der Waals surface area (Å²) in [5.41, 5.74) is 1.56. The van der Waals surface area contributed by atoms with Crippen molar-refractivity contribution in [3.8, 4) is 0 Å². The van der Waals surface area contributed by atoms with Crippen LogP contribution in [0.1, 0.15) is 0 Å². The Bertz CT molecular complexity index is 102. The van der Waals surface area contributed by atoms with E-state index >= 15 is 0 Å². The van der Waals surface area contributed by atoms with Gasteiger partial charge in [0.1, 0.15) is 0 Å². The van der Waals surface area contributed by atoms with Crippen LogP contribution in [-0.2, 0) is 0 Å². The van der Waals surface area contributed by atoms with Gasteiger partial charge in [-0.15, -0.1) is 33.2 Å². The monoisotopic (exact) mass is 186 g/mol. The molecule has 0 heterocycles. The highest BCUT2D eigenvalue weighted by Crippen LogP contribution is 2.20. The first-order valence-corrected chi connectivity index (χ1v) is 7.04. The van der Waals surface area contributed by atoms with Crippen LogP contribution in [0.3, 0.4) is 0 Å². The Morgan fingerprint density at radius 2 is 1.75 bits per heavy atom. The van der Waals surface area contributed by atoms with Crippen LogP contribution in [0.5, 0.6) is 0 Å². The van der Waals surface area contributed by atoms with E-state index in [4.69, 9.17) is 33.2 Å². The molecule has 0 bridgehead atoms. The maximum absolute atomic E-state index is 5.45. The van der Waals surface area contributed by atoms with Crippen molar-refractivity contribution in [3.63, 3.8) is 0 Å². The summed E-state index contributed by atoms with van der Waals surface area (Å²) >= 11 is 16.3. The largest absolute Gasteiger partial charge is 0.365 e. The minimum atomic E-state index is -2.51. The molecule has 0 N–H and O–H groups in total. The Hall–Kier alpha value is 0.567. The predicted octanol–water partition coefficient (Wildman–Crippen LogP) is 2.92. The molecular weight excluding hydrogens is 182 g/mol. The fraction of sp³-hybridized carbons (Fsp3) is 0. The van der Waals surface area contributed by atoms with Gasteiger partial charge in [0, 0.05) is 0 Å². The summed E-state index contributed by atoms with van der Waals surface area (Å²) in [4.78, 5) is 0. The summed E-state index contributed by atoms with van der Waals surface area (Å²) < 4.78 is 0. The van der Waals surface area contributed by atoms with Crippen LogP contribution in [0.4, 0.5) is 0 Å². The van der Waals surface area contributed by atoms with Gasteiger partial charge in [-0.05, 0) is 0 Å². The van der Waals surface area contributed by atoms with Crippen molar-refractivity contribution >= 4 is 39.2 Å². The quantitative estimate of drug-likeness (QED) is 0.354. The molecule has 0 aromatic carbocycles. The molecule has 0 aromatic heterocycles. The van der Waals surface area contributed by atoms with Crippen molar-refractivity contribution in [2.75, 3.05) is 0 Å². The number of hydrogen-bond donors (Lipinski definition) is 0. The summed E-state index contributed by atoms with van der Waals surface area (Å²) in [5, 5.41) is 0. The van der Waals surface area contributed by atoms with Crippen LogP contribution in [0.25, 0.3) is 0 Å². The van der Waals surface area contributed by atoms with E-state index in [1.54, 1.807) is 17.9 Å². The normalized spacial score (nSPS) is 12.4. The second kappa shape index (κ2) is 3.57. The van der Waals surface area contributed by atoms with E-state index in [0.717, 1.165) is 0 Å². The fourth-order valence-electron chi connectivity index (χ4n) is 0.177. The van der Waals surface area contributed by atoms with E-state index in [1.807, 2.05) is 0 Å². The maximum atomic E-state index is 5.45. The summed E-state index contributed by atoms with van der Waals surface area (Å²) in [5.74, 6) is 0. The molecule has 0 spiro atoms. The average molecular weight is 188 g/mol. The lowest BCUT2D eigenvalue weighted by Gasteiger charge is -1.95. The molecule has 0 atom stereocenters. The van der Waals surface area contributed by atoms with Crippen LogP contribution < -0.4 is 0 Å². The summed E-state index contributed by atoms with van der Waals surface area (Å²) in [7, 11) is 0. The highest BCUT2D eigenvalue weighted by molar-refractivity contribution is 7.66. The molecule has 0 rings (SSSR count). The van der Waals surface area contributed by atoms with Gasteiger partial charge in [-0.1, -0.05) is 24.4 Å². The number of halogens is 3. The van der Waals surface area contributed by atoms with Crippen molar-refractivity contribution in [2.45, 2.75) is 0 Å². The minimum absolute atomic E-state index is 1.56. The SMILES string of the molecule is C=CC=C[Si](Cl)(Cl)Cl. The third kappa shape index (κ3) is 6.57. The average Bonchev–Trinajstić information content (AvgIpc) is 1.59. The number of rotatable bonds is 2. The van der Waals surface area contributed by atoms with Gasteiger partial charge >= 0.3 is 6.00 Å². The standard InChI is InChI=1S/C4H5Cl3Si/c1-2-3-4-8(5,6)7/h2-4H,1H2. The zero-order chi connectivity index (χ0) is 6.62. The molecule has 0 radical (unpaired) electrons. The summed E-state index contributed by atoms with van der Waals surface area (Å²) in [6.45, 7) is 3.42. The topological polar surface area (TPSA) is 0 Å². The molecule has 0 aliphatic carbocycles. The molecule has 0 fully saturated rings. The Morgan fingerprint density at radius 3 is 1.88 bits per heavy atom. The molecule has 0 saturated heterocycles. The second-order valence-electron chi connectivity index (χ2n) is 1.14. The van der Waals surface area contributed by atoms with Crippen molar-refractivity contribution in [2.24, 2.45) is 0 Å². The van der Waals surface area contributed by atoms with Gasteiger partial charge in [-0.25, -0.2) is 0 Å². The second-order valence-corrected chi connectivity index (χ2v) is 9.66. The third-order valence-corrected chi connectivity index (χ3v) is 2.13. The fourth-order valence-corrected chi connectivity index (χ4v) is 1.19. The first kappa shape index (κ1) is 8.57. The van der Waals surface area contributed by atoms with Gasteiger partial charge in [0.15, 0.2) is 0 Å². The molecule has 0 nitrogen and oxygen atoms in total. The van der Waals surface area contributed by atoms with Crippen LogP contribution >= 0.6 is 33.2 Å². The first-order chi connectivity index (χ1) is 3.56. The van der Waals surface area contributed by atoms with Crippen molar-refractivity contribution in [3.05, 3.63) is 24.4 Å². The minimum Gasteiger partial charge on any atom is -0.121 e. The first-order valence-electron chi connectivity index (χ1n) is 1.93. The molecule has 0 aliphatic rings. The summed E-state index contributed by atoms with van der Waals surface area (Å²) in [6, 6.07) is -2.51. The zero-order valence-electron chi connectivity index (χ0n) is 4.07. The van der Waals surface area contributed by atoms with Gasteiger partial charge in [0.2, 0.25) is 0 Å². The van der Waals surface area contributed by atoms with E-state index in [9.17, 15) is 0 Å². The van der Waals surface area contributed by atoms with Gasteiger partial charge in [-0.3, -0.25) is 0 Å². The zero-order valence-corrected chi connectivity index (χ0v) is 7.34. The Kier molecular flexibility index (Phi) is 3.82. The van der Waals surface area contributed by atoms with Crippen molar-refractivity contribution in [1.82, 2.24) is 0 Å². The van der Waals surface area contributed by atoms with Crippen molar-refractivity contribution < 1.29 is 0 Å². The molecule has 4 heteroatoms. The Balaban J connectivity index is 3.69. The van der Waals surface area contributed by atoms with Gasteiger partial charge in [-0.2, -0.15) is 0 Å². The lowest BCUT2D eigenvalue weighted by Crippen LogP contribution is -2.02. The lowest BCUT2D eigenvalue weighted by atomic mass is 10.6. The lowest BCUT2D eigenvalue weighted by molar-refractivity contribution is 2.10. The molecular formula is C4H5Cl3Si. The molecule has 0 saturated carbocycles. The Morgan fingerprint density at radius 1 is 1.25 bits per heavy atom. The predicted molar refractivity (Wildman–Crippen MR) is 42.7 cm³/mol. The van der Waals surface area contributed by atoms with E-state index in [-0.39, 0.29) is 0 Å². The highest BCUT2D eigenvalue weighted by atomic mass is 35.8. The molecule has 0 amide bonds. The Labute approximate surface area is 63.9 Å². The highest BCUT2D eigenvalue weighted by Gasteiger charge is 2.18. The number of allylic oxidation sites excluding steroid dienone is 2. The third-order valence-electron chi connectivity index (χ3n) is 0.421. The number of hydrogen-bond acceptors (Lipinski definition) is 0. The van der Waals surface area contributed by atoms with E-state index in [2.05, 4.69) is 6.58 Å². The maximum Gasteiger partial charge on any atom is 0.365 e. The van der Waals surface area contributed by atoms with Gasteiger partial charge < -0.3 is 0 Å². The van der Waals surface area contributed by atoms with E-state index in [1.165, 1.54) is 0 Å².